The number of rotatable bonds is 4. The molecule has 0 radical (unpaired) electrons. The van der Waals surface area contributed by atoms with Crippen LogP contribution < -0.4 is 10.2 Å². The second-order valence-electron chi connectivity index (χ2n) is 6.06. The normalized spacial score (nSPS) is 13.9. The molecule has 3 aromatic rings. The highest BCUT2D eigenvalue weighted by molar-refractivity contribution is 7.22. The Hall–Kier alpha value is -3.00. The Morgan fingerprint density at radius 3 is 2.58 bits per heavy atom. The number of carbonyl (C=O) groups excluding carboxylic acids is 1. The SMILES string of the molecule is O=C(O)c1ccc2nc(NC(=O)c3ccc(N4CCCC4)nc3)sc2c1. The molecular weight excluding hydrogens is 352 g/mol. The van der Waals surface area contributed by atoms with Crippen LogP contribution in [-0.4, -0.2) is 40.0 Å². The number of amides is 1. The summed E-state index contributed by atoms with van der Waals surface area (Å²) in [6, 6.07) is 8.30. The van der Waals surface area contributed by atoms with Crippen molar-refractivity contribution in [2.45, 2.75) is 12.8 Å². The van der Waals surface area contributed by atoms with Crippen molar-refractivity contribution in [2.24, 2.45) is 0 Å². The van der Waals surface area contributed by atoms with Gasteiger partial charge in [-0.2, -0.15) is 0 Å². The van der Waals surface area contributed by atoms with Gasteiger partial charge in [0.25, 0.3) is 5.91 Å². The smallest absolute Gasteiger partial charge is 0.335 e. The molecule has 1 saturated heterocycles. The van der Waals surface area contributed by atoms with Gasteiger partial charge in [0.05, 0.1) is 21.3 Å². The third-order valence-electron chi connectivity index (χ3n) is 4.30. The Bertz CT molecular complexity index is 978. The quantitative estimate of drug-likeness (QED) is 0.734. The van der Waals surface area contributed by atoms with E-state index in [2.05, 4.69) is 20.2 Å². The fraction of sp³-hybridized carbons (Fsp3) is 0.222. The van der Waals surface area contributed by atoms with Crippen molar-refractivity contribution in [3.8, 4) is 0 Å². The Labute approximate surface area is 153 Å². The summed E-state index contributed by atoms with van der Waals surface area (Å²) in [4.78, 5) is 34.4. The lowest BCUT2D eigenvalue weighted by Gasteiger charge is -2.15. The summed E-state index contributed by atoms with van der Waals surface area (Å²) in [5.74, 6) is -0.390. The minimum absolute atomic E-state index is 0.195. The Balaban J connectivity index is 1.50. The number of aromatic nitrogens is 2. The zero-order valence-corrected chi connectivity index (χ0v) is 14.6. The van der Waals surface area contributed by atoms with Crippen LogP contribution >= 0.6 is 11.3 Å². The molecule has 1 aliphatic rings. The maximum absolute atomic E-state index is 12.4. The minimum Gasteiger partial charge on any atom is -0.478 e. The number of carbonyl (C=O) groups is 2. The number of aromatic carboxylic acids is 1. The number of carboxylic acid groups (broad SMARTS) is 1. The highest BCUT2D eigenvalue weighted by Crippen LogP contribution is 2.27. The lowest BCUT2D eigenvalue weighted by Crippen LogP contribution is -2.19. The second kappa shape index (κ2) is 6.72. The summed E-state index contributed by atoms with van der Waals surface area (Å²) in [6.45, 7) is 2.01. The number of anilines is 2. The van der Waals surface area contributed by atoms with Crippen molar-refractivity contribution in [1.82, 2.24) is 9.97 Å². The molecule has 0 atom stereocenters. The molecule has 2 aromatic heterocycles. The predicted molar refractivity (Wildman–Crippen MR) is 100 cm³/mol. The van der Waals surface area contributed by atoms with Gasteiger partial charge in [-0.1, -0.05) is 11.3 Å². The maximum atomic E-state index is 12.4. The second-order valence-corrected chi connectivity index (χ2v) is 7.09. The van der Waals surface area contributed by atoms with Crippen LogP contribution in [0.25, 0.3) is 10.2 Å². The summed E-state index contributed by atoms with van der Waals surface area (Å²) in [5, 5.41) is 12.2. The van der Waals surface area contributed by atoms with Gasteiger partial charge in [-0.15, -0.1) is 0 Å². The molecule has 0 bridgehead atoms. The minimum atomic E-state index is -0.991. The molecule has 132 valence electrons. The Kier molecular flexibility index (Phi) is 4.26. The van der Waals surface area contributed by atoms with E-state index in [0.717, 1.165) is 18.9 Å². The first-order valence-electron chi connectivity index (χ1n) is 8.26. The summed E-state index contributed by atoms with van der Waals surface area (Å²) in [5.41, 5.74) is 1.30. The zero-order valence-electron chi connectivity index (χ0n) is 13.8. The molecular formula is C18H16N4O3S. The Morgan fingerprint density at radius 2 is 1.88 bits per heavy atom. The molecule has 1 aromatic carbocycles. The van der Waals surface area contributed by atoms with Crippen LogP contribution in [0.15, 0.2) is 36.5 Å². The summed E-state index contributed by atoms with van der Waals surface area (Å²) < 4.78 is 0.711. The van der Waals surface area contributed by atoms with E-state index in [1.165, 1.54) is 30.2 Å². The number of pyridine rings is 1. The summed E-state index contributed by atoms with van der Waals surface area (Å²) >= 11 is 1.24. The number of hydrogen-bond donors (Lipinski definition) is 2. The molecule has 0 aliphatic carbocycles. The number of fused-ring (bicyclic) bond motifs is 1. The molecule has 8 heteroatoms. The first-order chi connectivity index (χ1) is 12.6. The summed E-state index contributed by atoms with van der Waals surface area (Å²) in [6.07, 6.45) is 3.91. The van der Waals surface area contributed by atoms with Gasteiger partial charge in [-0.3, -0.25) is 10.1 Å². The number of nitrogens with one attached hydrogen (secondary N) is 1. The molecule has 0 saturated carbocycles. The fourth-order valence-electron chi connectivity index (χ4n) is 2.93. The average Bonchev–Trinajstić information content (AvgIpc) is 3.30. The standard InChI is InChI=1S/C18H16N4O3S/c23-16(12-4-6-15(19-10-12)22-7-1-2-8-22)21-18-20-13-5-3-11(17(24)25)9-14(13)26-18/h3-6,9-10H,1-2,7-8H2,(H,24,25)(H,20,21,23). The van der Waals surface area contributed by atoms with E-state index >= 15 is 0 Å². The van der Waals surface area contributed by atoms with Crippen molar-refractivity contribution in [3.63, 3.8) is 0 Å². The number of nitrogens with zero attached hydrogens (tertiary/aromatic N) is 3. The third kappa shape index (κ3) is 3.23. The molecule has 26 heavy (non-hydrogen) atoms. The monoisotopic (exact) mass is 368 g/mol. The molecule has 0 spiro atoms. The van der Waals surface area contributed by atoms with Gasteiger partial charge in [0.15, 0.2) is 5.13 Å². The fourth-order valence-corrected chi connectivity index (χ4v) is 3.83. The van der Waals surface area contributed by atoms with Gasteiger partial charge in [-0.25, -0.2) is 14.8 Å². The van der Waals surface area contributed by atoms with Gasteiger partial charge in [0, 0.05) is 19.3 Å². The van der Waals surface area contributed by atoms with Crippen molar-refractivity contribution < 1.29 is 14.7 Å². The van der Waals surface area contributed by atoms with Crippen LogP contribution in [-0.2, 0) is 0 Å². The maximum Gasteiger partial charge on any atom is 0.335 e. The van der Waals surface area contributed by atoms with E-state index in [1.807, 2.05) is 6.07 Å². The lowest BCUT2D eigenvalue weighted by atomic mass is 10.2. The van der Waals surface area contributed by atoms with E-state index in [1.54, 1.807) is 24.4 Å². The first kappa shape index (κ1) is 16.5. The Morgan fingerprint density at radius 1 is 1.12 bits per heavy atom. The zero-order chi connectivity index (χ0) is 18.1. The van der Waals surface area contributed by atoms with Crippen molar-refractivity contribution >= 4 is 44.4 Å². The number of benzene rings is 1. The molecule has 4 rings (SSSR count). The number of thiazole rings is 1. The highest BCUT2D eigenvalue weighted by Gasteiger charge is 2.15. The van der Waals surface area contributed by atoms with Crippen molar-refractivity contribution in [3.05, 3.63) is 47.7 Å². The van der Waals surface area contributed by atoms with Crippen molar-refractivity contribution in [2.75, 3.05) is 23.3 Å². The number of hydrogen-bond acceptors (Lipinski definition) is 6. The molecule has 2 N–H and O–H groups in total. The van der Waals surface area contributed by atoms with Gasteiger partial charge in [-0.05, 0) is 43.2 Å². The summed E-state index contributed by atoms with van der Waals surface area (Å²) in [7, 11) is 0. The van der Waals surface area contributed by atoms with Crippen LogP contribution in [0.3, 0.4) is 0 Å². The van der Waals surface area contributed by atoms with Crippen molar-refractivity contribution in [1.29, 1.82) is 0 Å². The van der Waals surface area contributed by atoms with Crippen LogP contribution in [0.2, 0.25) is 0 Å². The molecule has 1 aliphatic heterocycles. The van der Waals surface area contributed by atoms with Gasteiger partial charge in [0.2, 0.25) is 0 Å². The molecule has 1 fully saturated rings. The number of carboxylic acids is 1. The van der Waals surface area contributed by atoms with E-state index in [9.17, 15) is 9.59 Å². The molecule has 1 amide bonds. The average molecular weight is 368 g/mol. The van der Waals surface area contributed by atoms with Crippen LogP contribution in [0.4, 0.5) is 10.9 Å². The van der Waals surface area contributed by atoms with Crippen LogP contribution in [0.5, 0.6) is 0 Å². The van der Waals surface area contributed by atoms with E-state index < -0.39 is 5.97 Å². The molecule has 7 nitrogen and oxygen atoms in total. The third-order valence-corrected chi connectivity index (χ3v) is 5.23. The van der Waals surface area contributed by atoms with Crippen LogP contribution in [0.1, 0.15) is 33.6 Å². The molecule has 0 unspecified atom stereocenters. The topological polar surface area (TPSA) is 95.4 Å². The lowest BCUT2D eigenvalue weighted by molar-refractivity contribution is 0.0697. The van der Waals surface area contributed by atoms with Gasteiger partial charge >= 0.3 is 5.97 Å². The van der Waals surface area contributed by atoms with E-state index in [4.69, 9.17) is 5.11 Å². The molecule has 3 heterocycles. The highest BCUT2D eigenvalue weighted by atomic mass is 32.1. The van der Waals surface area contributed by atoms with Gasteiger partial charge in [0.1, 0.15) is 5.82 Å². The van der Waals surface area contributed by atoms with E-state index in [-0.39, 0.29) is 11.5 Å². The van der Waals surface area contributed by atoms with Gasteiger partial charge < -0.3 is 10.0 Å². The predicted octanol–water partition coefficient (Wildman–Crippen LogP) is 3.24. The largest absolute Gasteiger partial charge is 0.478 e. The van der Waals surface area contributed by atoms with Crippen LogP contribution in [0, 0.1) is 0 Å². The first-order valence-corrected chi connectivity index (χ1v) is 9.08. The van der Waals surface area contributed by atoms with E-state index in [0.29, 0.717) is 20.9 Å².